The molecule has 0 aromatic heterocycles. The zero-order valence-corrected chi connectivity index (χ0v) is 51.3. The molecule has 0 rings (SSSR count). The number of hydrogen-bond acceptors (Lipinski definition) is 6. The largest absolute Gasteiger partial charge is 0.462 e. The average molecular weight is 1070 g/mol. The van der Waals surface area contributed by atoms with E-state index < -0.39 is 6.10 Å². The van der Waals surface area contributed by atoms with Crippen molar-refractivity contribution in [3.8, 4) is 0 Å². The van der Waals surface area contributed by atoms with Gasteiger partial charge >= 0.3 is 17.9 Å². The highest BCUT2D eigenvalue weighted by atomic mass is 16.6. The van der Waals surface area contributed by atoms with Gasteiger partial charge in [0.25, 0.3) is 0 Å². The van der Waals surface area contributed by atoms with Gasteiger partial charge in [-0.3, -0.25) is 14.4 Å². The van der Waals surface area contributed by atoms with E-state index in [1.54, 1.807) is 0 Å². The Bertz CT molecular complexity index is 1270. The maximum absolute atomic E-state index is 12.9. The van der Waals surface area contributed by atoms with E-state index in [9.17, 15) is 14.4 Å². The Labute approximate surface area is 474 Å². The Kier molecular flexibility index (Phi) is 63.1. The molecule has 446 valence electrons. The van der Waals surface area contributed by atoms with Crippen LogP contribution in [0.4, 0.5) is 0 Å². The van der Waals surface area contributed by atoms with Gasteiger partial charge in [-0.1, -0.05) is 314 Å². The molecule has 0 N–H and O–H groups in total. The first-order chi connectivity index (χ1) is 37.5. The molecule has 6 nitrogen and oxygen atoms in total. The number of unbranched alkanes of at least 4 members (excludes halogenated alkanes) is 46. The van der Waals surface area contributed by atoms with Crippen molar-refractivity contribution < 1.29 is 28.6 Å². The fourth-order valence-electron chi connectivity index (χ4n) is 10.2. The first-order valence-electron chi connectivity index (χ1n) is 34.0. The smallest absolute Gasteiger partial charge is 0.306 e. The maximum atomic E-state index is 12.9. The van der Waals surface area contributed by atoms with Crippen LogP contribution in [0.1, 0.15) is 374 Å². The van der Waals surface area contributed by atoms with Gasteiger partial charge in [0.15, 0.2) is 6.10 Å². The summed E-state index contributed by atoms with van der Waals surface area (Å²) >= 11 is 0. The molecule has 0 radical (unpaired) electrons. The highest BCUT2D eigenvalue weighted by Crippen LogP contribution is 2.18. The van der Waals surface area contributed by atoms with Crippen LogP contribution >= 0.6 is 0 Å². The number of ether oxygens (including phenoxy) is 3. The van der Waals surface area contributed by atoms with Crippen LogP contribution < -0.4 is 0 Å². The Morgan fingerprint density at radius 1 is 0.263 bits per heavy atom. The molecule has 0 spiro atoms. The van der Waals surface area contributed by atoms with Gasteiger partial charge in [0, 0.05) is 19.3 Å². The number of allylic oxidation sites excluding steroid dienone is 6. The number of hydrogen-bond donors (Lipinski definition) is 0. The molecular weight excluding hydrogens is 937 g/mol. The highest BCUT2D eigenvalue weighted by Gasteiger charge is 2.19. The van der Waals surface area contributed by atoms with E-state index >= 15 is 0 Å². The molecule has 1 atom stereocenters. The summed E-state index contributed by atoms with van der Waals surface area (Å²) in [6.07, 6.45) is 80.3. The SMILES string of the molecule is CCCCC/C=C\CCCCCCCC(=O)OCC(COC(=O)CCCCCCCCCCCCCCCCC/C=C\C/C=C\CCCCCCC)OC(=O)CCCCCCCCCCCCCCCCCCCCC. The molecule has 0 aliphatic heterocycles. The third kappa shape index (κ3) is 62.5. The molecule has 0 amide bonds. The van der Waals surface area contributed by atoms with E-state index in [0.29, 0.717) is 19.3 Å². The van der Waals surface area contributed by atoms with Crippen LogP contribution in [-0.4, -0.2) is 37.2 Å². The van der Waals surface area contributed by atoms with Gasteiger partial charge in [0.1, 0.15) is 13.2 Å². The molecule has 0 aliphatic carbocycles. The van der Waals surface area contributed by atoms with Crippen LogP contribution in [0.5, 0.6) is 0 Å². The third-order valence-electron chi connectivity index (χ3n) is 15.4. The van der Waals surface area contributed by atoms with E-state index in [1.165, 1.54) is 263 Å². The lowest BCUT2D eigenvalue weighted by atomic mass is 10.0. The molecule has 0 fully saturated rings. The standard InChI is InChI=1S/C70H130O6/c1-4-7-10-13-16-19-22-25-27-29-31-32-33-34-35-36-37-38-40-41-43-45-48-51-54-57-60-63-69(72)75-66-67(65-74-68(71)62-59-56-53-50-47-24-21-18-15-12-9-6-3)76-70(73)64-61-58-55-52-49-46-44-42-39-30-28-26-23-20-17-14-11-8-5-2/h18,21-22,25,29,31,67H,4-17,19-20,23-24,26-28,30,32-66H2,1-3H3/b21-18-,25-22-,31-29-. The van der Waals surface area contributed by atoms with Crippen LogP contribution in [-0.2, 0) is 28.6 Å². The molecule has 1 unspecified atom stereocenters. The fraction of sp³-hybridized carbons (Fsp3) is 0.871. The molecule has 0 saturated carbocycles. The molecular formula is C70H130O6. The molecule has 6 heteroatoms. The second kappa shape index (κ2) is 65.2. The van der Waals surface area contributed by atoms with Crippen LogP contribution in [0.3, 0.4) is 0 Å². The molecule has 0 bridgehead atoms. The molecule has 76 heavy (non-hydrogen) atoms. The van der Waals surface area contributed by atoms with E-state index in [2.05, 4.69) is 57.2 Å². The minimum Gasteiger partial charge on any atom is -0.462 e. The van der Waals surface area contributed by atoms with Crippen LogP contribution in [0.15, 0.2) is 36.5 Å². The fourth-order valence-corrected chi connectivity index (χ4v) is 10.2. The second-order valence-electron chi connectivity index (χ2n) is 23.1. The van der Waals surface area contributed by atoms with Gasteiger partial charge < -0.3 is 14.2 Å². The van der Waals surface area contributed by atoms with Crippen LogP contribution in [0, 0.1) is 0 Å². The molecule has 0 aromatic rings. The third-order valence-corrected chi connectivity index (χ3v) is 15.4. The quantitative estimate of drug-likeness (QED) is 0.0261. The van der Waals surface area contributed by atoms with Gasteiger partial charge in [-0.25, -0.2) is 0 Å². The lowest BCUT2D eigenvalue weighted by Crippen LogP contribution is -2.30. The highest BCUT2D eigenvalue weighted by molar-refractivity contribution is 5.71. The first kappa shape index (κ1) is 73.6. The number of esters is 3. The summed E-state index contributed by atoms with van der Waals surface area (Å²) in [6, 6.07) is 0. The van der Waals surface area contributed by atoms with Gasteiger partial charge in [-0.15, -0.1) is 0 Å². The second-order valence-corrected chi connectivity index (χ2v) is 23.1. The maximum Gasteiger partial charge on any atom is 0.306 e. The van der Waals surface area contributed by atoms with Crippen molar-refractivity contribution in [3.05, 3.63) is 36.5 Å². The summed E-state index contributed by atoms with van der Waals surface area (Å²) < 4.78 is 17.0. The Morgan fingerprint density at radius 2 is 0.474 bits per heavy atom. The Balaban J connectivity index is 4.20. The van der Waals surface area contributed by atoms with E-state index in [-0.39, 0.29) is 31.1 Å². The average Bonchev–Trinajstić information content (AvgIpc) is 3.42. The summed E-state index contributed by atoms with van der Waals surface area (Å²) in [4.78, 5) is 38.3. The van der Waals surface area contributed by atoms with Crippen molar-refractivity contribution in [1.82, 2.24) is 0 Å². The van der Waals surface area contributed by atoms with Gasteiger partial charge in [-0.05, 0) is 77.0 Å². The minimum absolute atomic E-state index is 0.0697. The van der Waals surface area contributed by atoms with E-state index in [1.807, 2.05) is 0 Å². The summed E-state index contributed by atoms with van der Waals surface area (Å²) in [5.74, 6) is -0.853. The summed E-state index contributed by atoms with van der Waals surface area (Å²) in [5.41, 5.74) is 0. The number of carbonyl (C=O) groups excluding carboxylic acids is 3. The zero-order valence-electron chi connectivity index (χ0n) is 51.3. The van der Waals surface area contributed by atoms with Crippen molar-refractivity contribution in [3.63, 3.8) is 0 Å². The van der Waals surface area contributed by atoms with Crippen molar-refractivity contribution in [2.45, 2.75) is 380 Å². The zero-order chi connectivity index (χ0) is 55.0. The van der Waals surface area contributed by atoms with Crippen LogP contribution in [0.25, 0.3) is 0 Å². The molecule has 0 saturated heterocycles. The van der Waals surface area contributed by atoms with Gasteiger partial charge in [0.05, 0.1) is 0 Å². The summed E-state index contributed by atoms with van der Waals surface area (Å²) in [7, 11) is 0. The normalized spacial score (nSPS) is 12.2. The Hall–Kier alpha value is -2.37. The van der Waals surface area contributed by atoms with Gasteiger partial charge in [-0.2, -0.15) is 0 Å². The predicted molar refractivity (Wildman–Crippen MR) is 330 cm³/mol. The topological polar surface area (TPSA) is 78.9 Å². The summed E-state index contributed by atoms with van der Waals surface area (Å²) in [6.45, 7) is 6.67. The lowest BCUT2D eigenvalue weighted by molar-refractivity contribution is -0.167. The predicted octanol–water partition coefficient (Wildman–Crippen LogP) is 23.2. The summed E-state index contributed by atoms with van der Waals surface area (Å²) in [5, 5.41) is 0. The monoisotopic (exact) mass is 1070 g/mol. The van der Waals surface area contributed by atoms with Crippen molar-refractivity contribution in [1.29, 1.82) is 0 Å². The molecule has 0 aliphatic rings. The van der Waals surface area contributed by atoms with Gasteiger partial charge in [0.2, 0.25) is 0 Å². The van der Waals surface area contributed by atoms with Crippen molar-refractivity contribution >= 4 is 17.9 Å². The lowest BCUT2D eigenvalue weighted by Gasteiger charge is -2.18. The first-order valence-corrected chi connectivity index (χ1v) is 34.0. The van der Waals surface area contributed by atoms with Crippen molar-refractivity contribution in [2.24, 2.45) is 0 Å². The number of rotatable bonds is 63. The molecule has 0 aromatic carbocycles. The van der Waals surface area contributed by atoms with E-state index in [0.717, 1.165) is 70.6 Å². The van der Waals surface area contributed by atoms with E-state index in [4.69, 9.17) is 14.2 Å². The molecule has 0 heterocycles. The van der Waals surface area contributed by atoms with Crippen LogP contribution in [0.2, 0.25) is 0 Å². The number of carbonyl (C=O) groups is 3. The Morgan fingerprint density at radius 3 is 0.763 bits per heavy atom. The van der Waals surface area contributed by atoms with Crippen molar-refractivity contribution in [2.75, 3.05) is 13.2 Å². The minimum atomic E-state index is -0.772.